The fourth-order valence-corrected chi connectivity index (χ4v) is 4.65. The van der Waals surface area contributed by atoms with Crippen molar-refractivity contribution in [3.8, 4) is 5.75 Å². The fourth-order valence-electron chi connectivity index (χ4n) is 4.41. The van der Waals surface area contributed by atoms with Crippen LogP contribution >= 0.6 is 11.6 Å². The number of carbonyl (C=O) groups excluding carboxylic acids is 2. The molecule has 2 aromatic rings. The van der Waals surface area contributed by atoms with Crippen LogP contribution in [0.4, 0.5) is 4.39 Å². The van der Waals surface area contributed by atoms with E-state index in [9.17, 15) is 14.0 Å². The number of unbranched alkanes of at least 4 members (excludes halogenated alkanes) is 3. The van der Waals surface area contributed by atoms with Gasteiger partial charge in [0.1, 0.15) is 12.4 Å². The largest absolute Gasteiger partial charge is 0.494 e. The molecule has 216 valence electrons. The Labute approximate surface area is 239 Å². The Hall–Kier alpha value is -3.40. The van der Waals surface area contributed by atoms with Crippen molar-refractivity contribution in [3.05, 3.63) is 87.7 Å². The molecule has 3 N–H and O–H groups in total. The van der Waals surface area contributed by atoms with Crippen LogP contribution in [0.15, 0.2) is 77.1 Å². The molecule has 10 heteroatoms. The standard InChI is InChI=1S/C30H36ClFN2O6/c1-37-29(35)27-24(19-32)34-25(20-38-18-15-33)28(26(27)22-13-7-8-14-23(22)31)30(36)40-17-10-3-2-9-16-39-21-11-5-4-6-12-21/h4-8,11-14,26,34H,2-3,9-10,15-20,33H2,1H3. The third kappa shape index (κ3) is 8.55. The summed E-state index contributed by atoms with van der Waals surface area (Å²) in [4.78, 5) is 26.4. The Bertz CT molecular complexity index is 1190. The van der Waals surface area contributed by atoms with E-state index in [4.69, 9.17) is 36.3 Å². The molecule has 0 bridgehead atoms. The zero-order chi connectivity index (χ0) is 28.7. The molecule has 0 fully saturated rings. The van der Waals surface area contributed by atoms with Crippen molar-refractivity contribution in [1.29, 1.82) is 0 Å². The van der Waals surface area contributed by atoms with E-state index in [1.807, 2.05) is 30.3 Å². The minimum Gasteiger partial charge on any atom is -0.494 e. The van der Waals surface area contributed by atoms with Crippen LogP contribution in [0.5, 0.6) is 5.75 Å². The Balaban J connectivity index is 1.73. The number of hydrogen-bond donors (Lipinski definition) is 2. The van der Waals surface area contributed by atoms with Gasteiger partial charge in [-0.15, -0.1) is 0 Å². The SMILES string of the molecule is COC(=O)C1=C(CF)NC(COCCN)=C(C(=O)OCCCCCCOc2ccccc2)C1c1ccccc1Cl. The predicted octanol–water partition coefficient (Wildman–Crippen LogP) is 4.84. The molecule has 0 amide bonds. The van der Waals surface area contributed by atoms with Crippen molar-refractivity contribution in [1.82, 2.24) is 5.32 Å². The Morgan fingerprint density at radius 3 is 2.25 bits per heavy atom. The monoisotopic (exact) mass is 574 g/mol. The van der Waals surface area contributed by atoms with Crippen LogP contribution in [0.3, 0.4) is 0 Å². The molecule has 8 nitrogen and oxygen atoms in total. The van der Waals surface area contributed by atoms with Crippen LogP contribution in [0.2, 0.25) is 5.02 Å². The number of allylic oxidation sites excluding steroid dienone is 1. The number of para-hydroxylation sites is 1. The molecule has 1 unspecified atom stereocenters. The first-order chi connectivity index (χ1) is 19.5. The van der Waals surface area contributed by atoms with Crippen molar-refractivity contribution in [2.75, 3.05) is 46.8 Å². The number of benzene rings is 2. The van der Waals surface area contributed by atoms with Crippen LogP contribution in [0.1, 0.15) is 37.2 Å². The molecule has 0 saturated carbocycles. The van der Waals surface area contributed by atoms with Crippen molar-refractivity contribution in [3.63, 3.8) is 0 Å². The average molecular weight is 575 g/mol. The Kier molecular flexibility index (Phi) is 13.0. The molecule has 3 rings (SSSR count). The number of ether oxygens (including phenoxy) is 4. The van der Waals surface area contributed by atoms with Crippen LogP contribution in [-0.2, 0) is 23.8 Å². The maximum Gasteiger partial charge on any atom is 0.336 e. The van der Waals surface area contributed by atoms with Gasteiger partial charge in [-0.1, -0.05) is 48.0 Å². The zero-order valence-electron chi connectivity index (χ0n) is 22.6. The van der Waals surface area contributed by atoms with E-state index in [0.717, 1.165) is 25.0 Å². The van der Waals surface area contributed by atoms with Crippen molar-refractivity contribution in [2.45, 2.75) is 31.6 Å². The molecule has 0 saturated heterocycles. The van der Waals surface area contributed by atoms with E-state index in [-0.39, 0.29) is 48.9 Å². The lowest BCUT2D eigenvalue weighted by Crippen LogP contribution is -2.36. The number of halogens is 2. The summed E-state index contributed by atoms with van der Waals surface area (Å²) in [6, 6.07) is 16.4. The lowest BCUT2D eigenvalue weighted by atomic mass is 9.80. The van der Waals surface area contributed by atoms with Gasteiger partial charge in [-0.3, -0.25) is 0 Å². The topological polar surface area (TPSA) is 109 Å². The molecule has 1 heterocycles. The predicted molar refractivity (Wildman–Crippen MR) is 151 cm³/mol. The summed E-state index contributed by atoms with van der Waals surface area (Å²) in [6.45, 7) is 0.187. The van der Waals surface area contributed by atoms with Gasteiger partial charge in [-0.2, -0.15) is 0 Å². The van der Waals surface area contributed by atoms with Crippen molar-refractivity contribution < 1.29 is 32.9 Å². The first-order valence-corrected chi connectivity index (χ1v) is 13.6. The summed E-state index contributed by atoms with van der Waals surface area (Å²) in [6.07, 6.45) is 3.25. The van der Waals surface area contributed by atoms with E-state index < -0.39 is 24.5 Å². The smallest absolute Gasteiger partial charge is 0.336 e. The third-order valence-electron chi connectivity index (χ3n) is 6.30. The van der Waals surface area contributed by atoms with Gasteiger partial charge in [-0.25, -0.2) is 14.0 Å². The molecule has 40 heavy (non-hydrogen) atoms. The van der Waals surface area contributed by atoms with E-state index >= 15 is 0 Å². The zero-order valence-corrected chi connectivity index (χ0v) is 23.4. The highest BCUT2D eigenvalue weighted by Gasteiger charge is 2.40. The fraction of sp³-hybridized carbons (Fsp3) is 0.400. The second-order valence-electron chi connectivity index (χ2n) is 9.04. The Morgan fingerprint density at radius 1 is 0.900 bits per heavy atom. The second-order valence-corrected chi connectivity index (χ2v) is 9.45. The number of alkyl halides is 1. The number of nitrogens with one attached hydrogen (secondary N) is 1. The lowest BCUT2D eigenvalue weighted by Gasteiger charge is -2.32. The van der Waals surface area contributed by atoms with E-state index in [1.165, 1.54) is 7.11 Å². The molecule has 0 spiro atoms. The van der Waals surface area contributed by atoms with Crippen molar-refractivity contribution in [2.24, 2.45) is 5.73 Å². The molecule has 0 aromatic heterocycles. The number of methoxy groups -OCH3 is 1. The number of hydrogen-bond acceptors (Lipinski definition) is 8. The first-order valence-electron chi connectivity index (χ1n) is 13.3. The number of rotatable bonds is 16. The van der Waals surface area contributed by atoms with E-state index in [0.29, 0.717) is 23.6 Å². The van der Waals surface area contributed by atoms with Crippen molar-refractivity contribution >= 4 is 23.5 Å². The van der Waals surface area contributed by atoms with Crippen LogP contribution in [0, 0.1) is 0 Å². The number of esters is 2. The van der Waals surface area contributed by atoms with Crippen LogP contribution in [0.25, 0.3) is 0 Å². The summed E-state index contributed by atoms with van der Waals surface area (Å²) >= 11 is 6.51. The number of carbonyl (C=O) groups is 2. The molecular weight excluding hydrogens is 539 g/mol. The molecule has 1 aliphatic rings. The first kappa shape index (κ1) is 31.1. The number of dihydropyridines is 1. The van der Waals surface area contributed by atoms with Gasteiger partial charge in [0.05, 0.1) is 62.0 Å². The highest BCUT2D eigenvalue weighted by Crippen LogP contribution is 2.42. The van der Waals surface area contributed by atoms with Gasteiger partial charge in [-0.05, 0) is 49.4 Å². The van der Waals surface area contributed by atoms with Gasteiger partial charge in [0.2, 0.25) is 0 Å². The normalized spacial score (nSPS) is 15.1. The van der Waals surface area contributed by atoms with Crippen LogP contribution in [-0.4, -0.2) is 58.7 Å². The molecular formula is C30H36ClFN2O6. The summed E-state index contributed by atoms with van der Waals surface area (Å²) in [5, 5.41) is 3.18. The van der Waals surface area contributed by atoms with E-state index in [2.05, 4.69) is 5.32 Å². The third-order valence-corrected chi connectivity index (χ3v) is 6.64. The molecule has 0 radical (unpaired) electrons. The lowest BCUT2D eigenvalue weighted by molar-refractivity contribution is -0.139. The molecule has 0 aliphatic carbocycles. The van der Waals surface area contributed by atoms with Gasteiger partial charge in [0.25, 0.3) is 0 Å². The molecule has 2 aromatic carbocycles. The van der Waals surface area contributed by atoms with Gasteiger partial charge >= 0.3 is 11.9 Å². The molecule has 1 aliphatic heterocycles. The maximum atomic E-state index is 14.2. The van der Waals surface area contributed by atoms with Crippen LogP contribution < -0.4 is 15.8 Å². The highest BCUT2D eigenvalue weighted by atomic mass is 35.5. The minimum atomic E-state index is -1.02. The summed E-state index contributed by atoms with van der Waals surface area (Å²) in [7, 11) is 1.20. The number of nitrogens with two attached hydrogens (primary N) is 1. The average Bonchev–Trinajstić information content (AvgIpc) is 2.98. The summed E-state index contributed by atoms with van der Waals surface area (Å²) < 4.78 is 36.1. The van der Waals surface area contributed by atoms with Gasteiger partial charge < -0.3 is 30.0 Å². The maximum absolute atomic E-state index is 14.2. The van der Waals surface area contributed by atoms with Gasteiger partial charge in [0.15, 0.2) is 0 Å². The minimum absolute atomic E-state index is 0.0302. The summed E-state index contributed by atoms with van der Waals surface area (Å²) in [5.74, 6) is -1.63. The van der Waals surface area contributed by atoms with Gasteiger partial charge in [0, 0.05) is 11.6 Å². The molecule has 1 atom stereocenters. The quantitative estimate of drug-likeness (QED) is 0.217. The van der Waals surface area contributed by atoms with E-state index in [1.54, 1.807) is 24.3 Å². The summed E-state index contributed by atoms with van der Waals surface area (Å²) in [5.41, 5.74) is 6.31. The second kappa shape index (κ2) is 16.6. The highest BCUT2D eigenvalue weighted by molar-refractivity contribution is 6.31. The Morgan fingerprint density at radius 2 is 1.57 bits per heavy atom.